The Morgan fingerprint density at radius 1 is 1.21 bits per heavy atom. The zero-order valence-corrected chi connectivity index (χ0v) is 20.5. The smallest absolute Gasteiger partial charge is 0.404 e. The van der Waals surface area contributed by atoms with Gasteiger partial charge in [-0.05, 0) is 50.1 Å². The number of ether oxygens (including phenoxy) is 1. The number of unbranched alkanes of at least 4 members (excludes halogenated alkanes) is 3. The van der Waals surface area contributed by atoms with Gasteiger partial charge in [0.25, 0.3) is 15.6 Å². The number of H-pyrrole nitrogens is 1. The predicted molar refractivity (Wildman–Crippen MR) is 128 cm³/mol. The highest BCUT2D eigenvalue weighted by molar-refractivity contribution is 7.91. The van der Waals surface area contributed by atoms with Crippen molar-refractivity contribution in [1.82, 2.24) is 19.9 Å². The quantitative estimate of drug-likeness (QED) is 0.411. The average molecular weight is 497 g/mol. The van der Waals surface area contributed by atoms with Gasteiger partial charge in [0.15, 0.2) is 5.75 Å². The number of carbonyl (C=O) groups is 1. The van der Waals surface area contributed by atoms with E-state index >= 15 is 0 Å². The number of rotatable bonds is 11. The average Bonchev–Trinajstić information content (AvgIpc) is 3.30. The normalized spacial score (nSPS) is 15.4. The van der Waals surface area contributed by atoms with Crippen LogP contribution < -0.4 is 20.9 Å². The maximum atomic E-state index is 13.0. The van der Waals surface area contributed by atoms with Gasteiger partial charge in [0.1, 0.15) is 4.21 Å². The molecule has 0 atom stereocenters. The van der Waals surface area contributed by atoms with Crippen molar-refractivity contribution in [1.29, 1.82) is 0 Å². The van der Waals surface area contributed by atoms with Crippen molar-refractivity contribution in [2.75, 3.05) is 19.6 Å². The fourth-order valence-electron chi connectivity index (χ4n) is 3.66. The van der Waals surface area contributed by atoms with Gasteiger partial charge in [-0.15, -0.1) is 11.3 Å². The second-order valence-electron chi connectivity index (χ2n) is 8.02. The predicted octanol–water partition coefficient (Wildman–Crippen LogP) is 3.05. The number of pyridine rings is 1. The molecule has 0 unspecified atom stereocenters. The third-order valence-electron chi connectivity index (χ3n) is 5.54. The van der Waals surface area contributed by atoms with Gasteiger partial charge in [0, 0.05) is 30.2 Å². The number of piperidine rings is 1. The topological polar surface area (TPSA) is 121 Å². The Morgan fingerprint density at radius 3 is 2.73 bits per heavy atom. The highest BCUT2D eigenvalue weighted by atomic mass is 32.2. The molecule has 182 valence electrons. The summed E-state index contributed by atoms with van der Waals surface area (Å²) in [6.45, 7) is 4.28. The van der Waals surface area contributed by atoms with E-state index in [9.17, 15) is 18.0 Å². The highest BCUT2D eigenvalue weighted by Crippen LogP contribution is 2.27. The lowest BCUT2D eigenvalue weighted by atomic mass is 10.1. The Kier molecular flexibility index (Phi) is 9.48. The molecule has 0 spiro atoms. The number of hydrogen-bond acceptors (Lipinski definition) is 7. The van der Waals surface area contributed by atoms with Gasteiger partial charge in [-0.25, -0.2) is 13.2 Å². The van der Waals surface area contributed by atoms with E-state index in [1.54, 1.807) is 22.5 Å². The van der Waals surface area contributed by atoms with E-state index in [0.717, 1.165) is 37.1 Å². The third kappa shape index (κ3) is 7.39. The molecule has 0 radical (unpaired) electrons. The number of aromatic nitrogens is 1. The van der Waals surface area contributed by atoms with Crippen LogP contribution >= 0.6 is 11.3 Å². The number of hydrogen-bond donors (Lipinski definition) is 3. The van der Waals surface area contributed by atoms with Gasteiger partial charge in [0.05, 0.1) is 6.54 Å². The molecule has 2 aromatic rings. The Labute approximate surface area is 198 Å². The fourth-order valence-corrected chi connectivity index (χ4v) is 6.58. The summed E-state index contributed by atoms with van der Waals surface area (Å²) in [5.41, 5.74) is -0.507. The van der Waals surface area contributed by atoms with Gasteiger partial charge in [-0.2, -0.15) is 4.31 Å². The van der Waals surface area contributed by atoms with Crippen LogP contribution in [0.3, 0.4) is 0 Å². The first-order valence-electron chi connectivity index (χ1n) is 11.4. The molecular weight excluding hydrogens is 464 g/mol. The van der Waals surface area contributed by atoms with Gasteiger partial charge in [-0.3, -0.25) is 4.79 Å². The van der Waals surface area contributed by atoms with E-state index in [1.165, 1.54) is 31.5 Å². The number of thiophene rings is 1. The van der Waals surface area contributed by atoms with Crippen molar-refractivity contribution in [3.05, 3.63) is 45.7 Å². The second-order valence-corrected chi connectivity index (χ2v) is 11.4. The van der Waals surface area contributed by atoms with Crippen molar-refractivity contribution in [3.8, 4) is 5.75 Å². The number of sulfonamides is 1. The monoisotopic (exact) mass is 496 g/mol. The molecule has 0 aromatic carbocycles. The number of nitrogens with zero attached hydrogens (tertiary/aromatic N) is 1. The van der Waals surface area contributed by atoms with Crippen molar-refractivity contribution >= 4 is 27.5 Å². The van der Waals surface area contributed by atoms with Gasteiger partial charge in [0.2, 0.25) is 0 Å². The van der Waals surface area contributed by atoms with E-state index in [4.69, 9.17) is 4.74 Å². The SMILES string of the molecule is CCCCCCNC1CCN(S(=O)(=O)c2ccc(CNC(=O)Oc3ccc[nH]c3=O)s2)CC1. The van der Waals surface area contributed by atoms with Crippen LogP contribution in [0.4, 0.5) is 4.79 Å². The minimum absolute atomic E-state index is 0.105. The van der Waals surface area contributed by atoms with Crippen LogP contribution in [0.2, 0.25) is 0 Å². The molecule has 0 aliphatic carbocycles. The lowest BCUT2D eigenvalue weighted by Gasteiger charge is -2.31. The summed E-state index contributed by atoms with van der Waals surface area (Å²) in [6, 6.07) is 6.55. The standard InChI is InChI=1S/C22H32N4O5S2/c1-2-3-4-5-12-23-17-10-14-26(15-11-17)33(29,30)20-9-8-18(32-20)16-25-22(28)31-19-7-6-13-24-21(19)27/h6-9,13,17,23H,2-5,10-12,14-16H2,1H3,(H,24,27)(H,25,28). The van der Waals surface area contributed by atoms with Crippen molar-refractivity contribution < 1.29 is 17.9 Å². The van der Waals surface area contributed by atoms with Crippen LogP contribution in [0.5, 0.6) is 5.75 Å². The van der Waals surface area contributed by atoms with E-state index < -0.39 is 21.7 Å². The molecule has 1 aliphatic rings. The van der Waals surface area contributed by atoms with Crippen LogP contribution in [0.25, 0.3) is 0 Å². The zero-order chi connectivity index (χ0) is 23.7. The molecule has 11 heteroatoms. The van der Waals surface area contributed by atoms with Crippen molar-refractivity contribution in [2.45, 2.75) is 62.2 Å². The van der Waals surface area contributed by atoms with E-state index in [1.807, 2.05) is 0 Å². The maximum absolute atomic E-state index is 13.0. The largest absolute Gasteiger partial charge is 0.413 e. The second kappa shape index (κ2) is 12.3. The van der Waals surface area contributed by atoms with Gasteiger partial charge >= 0.3 is 6.09 Å². The molecular formula is C22H32N4O5S2. The molecule has 0 bridgehead atoms. The van der Waals surface area contributed by atoms with E-state index in [-0.39, 0.29) is 16.5 Å². The zero-order valence-electron chi connectivity index (χ0n) is 18.8. The molecule has 3 rings (SSSR count). The van der Waals surface area contributed by atoms with Crippen molar-refractivity contribution in [2.24, 2.45) is 0 Å². The van der Waals surface area contributed by atoms with E-state index in [2.05, 4.69) is 22.5 Å². The third-order valence-corrected chi connectivity index (χ3v) is 8.99. The minimum Gasteiger partial charge on any atom is -0.404 e. The number of carbonyl (C=O) groups excluding carboxylic acids is 1. The van der Waals surface area contributed by atoms with Crippen LogP contribution in [-0.2, 0) is 16.6 Å². The van der Waals surface area contributed by atoms with Gasteiger partial charge < -0.3 is 20.4 Å². The summed E-state index contributed by atoms with van der Waals surface area (Å²) in [4.78, 5) is 26.6. The Bertz CT molecular complexity index is 1060. The molecule has 1 aliphatic heterocycles. The molecule has 1 amide bonds. The molecule has 3 heterocycles. The van der Waals surface area contributed by atoms with Crippen LogP contribution in [-0.4, -0.2) is 49.5 Å². The number of aromatic amines is 1. The van der Waals surface area contributed by atoms with Crippen LogP contribution in [0, 0.1) is 0 Å². The minimum atomic E-state index is -3.56. The highest BCUT2D eigenvalue weighted by Gasteiger charge is 2.30. The summed E-state index contributed by atoms with van der Waals surface area (Å²) in [7, 11) is -3.56. The van der Waals surface area contributed by atoms with Crippen LogP contribution in [0.1, 0.15) is 50.3 Å². The Hall–Kier alpha value is -2.21. The molecule has 1 fully saturated rings. The first-order chi connectivity index (χ1) is 15.9. The van der Waals surface area contributed by atoms with E-state index in [0.29, 0.717) is 24.0 Å². The molecule has 3 N–H and O–H groups in total. The fraction of sp³-hybridized carbons (Fsp3) is 0.545. The molecule has 0 saturated carbocycles. The Morgan fingerprint density at radius 2 is 2.00 bits per heavy atom. The lowest BCUT2D eigenvalue weighted by molar-refractivity contribution is 0.199. The summed E-state index contributed by atoms with van der Waals surface area (Å²) in [5.74, 6) is -0.108. The summed E-state index contributed by atoms with van der Waals surface area (Å²) in [6.07, 6.45) is 7.12. The van der Waals surface area contributed by atoms with Gasteiger partial charge in [-0.1, -0.05) is 26.2 Å². The number of nitrogens with one attached hydrogen (secondary N) is 3. The molecule has 33 heavy (non-hydrogen) atoms. The molecule has 2 aromatic heterocycles. The first-order valence-corrected chi connectivity index (χ1v) is 13.6. The summed E-state index contributed by atoms with van der Waals surface area (Å²) < 4.78 is 32.8. The summed E-state index contributed by atoms with van der Waals surface area (Å²) in [5, 5.41) is 6.09. The number of amides is 1. The maximum Gasteiger partial charge on any atom is 0.413 e. The molecule has 9 nitrogen and oxygen atoms in total. The van der Waals surface area contributed by atoms with Crippen molar-refractivity contribution in [3.63, 3.8) is 0 Å². The molecule has 1 saturated heterocycles. The first kappa shape index (κ1) is 25.4. The van der Waals surface area contributed by atoms with Crippen LogP contribution in [0.15, 0.2) is 39.5 Å². The summed E-state index contributed by atoms with van der Waals surface area (Å²) >= 11 is 1.12. The Balaban J connectivity index is 1.46. The lowest BCUT2D eigenvalue weighted by Crippen LogP contribution is -2.44.